The molecule has 25 heavy (non-hydrogen) atoms. The summed E-state index contributed by atoms with van der Waals surface area (Å²) >= 11 is 0. The molecule has 0 aromatic heterocycles. The average molecular weight is 361 g/mol. The van der Waals surface area contributed by atoms with Gasteiger partial charge in [-0.25, -0.2) is 0 Å². The lowest BCUT2D eigenvalue weighted by atomic mass is 9.79. The van der Waals surface area contributed by atoms with Crippen LogP contribution in [0.15, 0.2) is 0 Å². The Hall–Kier alpha value is -1.27. The molecule has 0 aliphatic heterocycles. The monoisotopic (exact) mass is 361 g/mol. The highest BCUT2D eigenvalue weighted by molar-refractivity contribution is 5.82. The van der Waals surface area contributed by atoms with Crippen molar-refractivity contribution in [3.63, 3.8) is 0 Å². The van der Waals surface area contributed by atoms with Crippen molar-refractivity contribution in [1.29, 1.82) is 0 Å². The first-order chi connectivity index (χ1) is 11.9. The van der Waals surface area contributed by atoms with Gasteiger partial charge < -0.3 is 9.64 Å². The average Bonchev–Trinajstić information content (AvgIpc) is 3.26. The topological polar surface area (TPSA) is 46.6 Å². The maximum atomic E-state index is 13.1. The second kappa shape index (κ2) is 7.54. The van der Waals surface area contributed by atoms with Crippen LogP contribution in [0.1, 0.15) is 64.2 Å². The van der Waals surface area contributed by atoms with Crippen LogP contribution in [0, 0.1) is 11.8 Å². The second-order valence-corrected chi connectivity index (χ2v) is 7.62. The highest BCUT2D eigenvalue weighted by Crippen LogP contribution is 2.42. The molecule has 3 rings (SSSR count). The van der Waals surface area contributed by atoms with E-state index >= 15 is 0 Å². The van der Waals surface area contributed by atoms with Gasteiger partial charge in [-0.05, 0) is 38.5 Å². The highest BCUT2D eigenvalue weighted by Gasteiger charge is 2.49. The summed E-state index contributed by atoms with van der Waals surface area (Å²) in [6.07, 6.45) is 2.89. The third-order valence-electron chi connectivity index (χ3n) is 5.77. The quantitative estimate of drug-likeness (QED) is 0.699. The Morgan fingerprint density at radius 1 is 0.880 bits per heavy atom. The molecule has 0 unspecified atom stereocenters. The largest absolute Gasteiger partial charge is 0.455 e. The van der Waals surface area contributed by atoms with Crippen LogP contribution in [0.3, 0.4) is 0 Å². The molecule has 3 aliphatic carbocycles. The highest BCUT2D eigenvalue weighted by atomic mass is 19.4. The summed E-state index contributed by atoms with van der Waals surface area (Å²) in [7, 11) is 0. The van der Waals surface area contributed by atoms with Crippen LogP contribution in [0.4, 0.5) is 13.2 Å². The number of esters is 1. The molecule has 7 heteroatoms. The number of carbonyl (C=O) groups is 2. The summed E-state index contributed by atoms with van der Waals surface area (Å²) in [5.41, 5.74) is 0. The van der Waals surface area contributed by atoms with Crippen molar-refractivity contribution < 1.29 is 27.5 Å². The van der Waals surface area contributed by atoms with Crippen molar-refractivity contribution in [2.24, 2.45) is 11.8 Å². The minimum Gasteiger partial charge on any atom is -0.455 e. The van der Waals surface area contributed by atoms with Crippen molar-refractivity contribution in [2.45, 2.75) is 82.5 Å². The molecular formula is C18H26F3NO3. The zero-order chi connectivity index (χ0) is 18.0. The van der Waals surface area contributed by atoms with Crippen molar-refractivity contribution in [1.82, 2.24) is 4.90 Å². The van der Waals surface area contributed by atoms with E-state index in [1.807, 2.05) is 4.90 Å². The van der Waals surface area contributed by atoms with Gasteiger partial charge in [0.1, 0.15) is 0 Å². The lowest BCUT2D eigenvalue weighted by Crippen LogP contribution is -2.44. The molecule has 3 fully saturated rings. The lowest BCUT2D eigenvalue weighted by Gasteiger charge is -2.32. The SMILES string of the molecule is O=C(OCC(=O)N(C1CCCC1)C1CC1)[C@@H]1CCCC[C@H]1C(F)(F)F. The van der Waals surface area contributed by atoms with Crippen LogP contribution in [0.25, 0.3) is 0 Å². The third kappa shape index (κ3) is 4.47. The normalized spacial score (nSPS) is 28.0. The number of nitrogens with zero attached hydrogens (tertiary/aromatic N) is 1. The van der Waals surface area contributed by atoms with Gasteiger partial charge in [-0.15, -0.1) is 0 Å². The van der Waals surface area contributed by atoms with Crippen LogP contribution in [0.2, 0.25) is 0 Å². The molecule has 0 saturated heterocycles. The Morgan fingerprint density at radius 3 is 2.04 bits per heavy atom. The first-order valence-electron chi connectivity index (χ1n) is 9.42. The van der Waals surface area contributed by atoms with Gasteiger partial charge in [0, 0.05) is 12.1 Å². The van der Waals surface area contributed by atoms with Gasteiger partial charge in [0.25, 0.3) is 5.91 Å². The number of hydrogen-bond donors (Lipinski definition) is 0. The fourth-order valence-electron chi connectivity index (χ4n) is 4.36. The fourth-order valence-corrected chi connectivity index (χ4v) is 4.36. The molecule has 2 atom stereocenters. The van der Waals surface area contributed by atoms with Crippen LogP contribution in [0.5, 0.6) is 0 Å². The molecule has 3 saturated carbocycles. The number of carbonyl (C=O) groups excluding carboxylic acids is 2. The van der Waals surface area contributed by atoms with Gasteiger partial charge >= 0.3 is 12.1 Å². The summed E-state index contributed by atoms with van der Waals surface area (Å²) in [5, 5.41) is 0. The zero-order valence-corrected chi connectivity index (χ0v) is 14.4. The zero-order valence-electron chi connectivity index (χ0n) is 14.4. The van der Waals surface area contributed by atoms with Crippen molar-refractivity contribution in [3.8, 4) is 0 Å². The smallest absolute Gasteiger partial charge is 0.392 e. The molecule has 142 valence electrons. The summed E-state index contributed by atoms with van der Waals surface area (Å²) in [5.74, 6) is -3.92. The van der Waals surface area contributed by atoms with Crippen molar-refractivity contribution in [3.05, 3.63) is 0 Å². The number of hydrogen-bond acceptors (Lipinski definition) is 3. The minimum absolute atomic E-state index is 0.0342. The number of halogens is 3. The van der Waals surface area contributed by atoms with E-state index in [-0.39, 0.29) is 30.8 Å². The maximum Gasteiger partial charge on any atom is 0.392 e. The first kappa shape index (κ1) is 18.5. The van der Waals surface area contributed by atoms with E-state index in [4.69, 9.17) is 4.74 Å². The number of alkyl halides is 3. The molecule has 3 aliphatic rings. The molecule has 1 amide bonds. The van der Waals surface area contributed by atoms with E-state index in [1.54, 1.807) is 0 Å². The van der Waals surface area contributed by atoms with Crippen molar-refractivity contribution >= 4 is 11.9 Å². The van der Waals surface area contributed by atoms with E-state index in [0.717, 1.165) is 38.5 Å². The van der Waals surface area contributed by atoms with Gasteiger partial charge in [0.2, 0.25) is 0 Å². The molecule has 0 radical (unpaired) electrons. The molecule has 4 nitrogen and oxygen atoms in total. The predicted molar refractivity (Wildman–Crippen MR) is 84.6 cm³/mol. The standard InChI is InChI=1S/C18H26F3NO3/c19-18(20,21)15-8-4-3-7-14(15)17(24)25-11-16(23)22(13-9-10-13)12-5-1-2-6-12/h12-15H,1-11H2/t14-,15-/m1/s1. The second-order valence-electron chi connectivity index (χ2n) is 7.62. The summed E-state index contributed by atoms with van der Waals surface area (Å²) in [4.78, 5) is 26.5. The molecule has 0 aromatic rings. The van der Waals surface area contributed by atoms with E-state index in [1.165, 1.54) is 0 Å². The third-order valence-corrected chi connectivity index (χ3v) is 5.77. The van der Waals surface area contributed by atoms with Crippen molar-refractivity contribution in [2.75, 3.05) is 6.61 Å². The van der Waals surface area contributed by atoms with Gasteiger partial charge in [-0.1, -0.05) is 25.7 Å². The predicted octanol–water partition coefficient (Wildman–Crippen LogP) is 3.83. The van der Waals surface area contributed by atoms with Gasteiger partial charge in [-0.2, -0.15) is 13.2 Å². The Balaban J connectivity index is 1.56. The van der Waals surface area contributed by atoms with E-state index in [9.17, 15) is 22.8 Å². The molecule has 0 aromatic carbocycles. The van der Waals surface area contributed by atoms with Gasteiger partial charge in [-0.3, -0.25) is 9.59 Å². The van der Waals surface area contributed by atoms with E-state index < -0.39 is 30.6 Å². The van der Waals surface area contributed by atoms with Gasteiger partial charge in [0.15, 0.2) is 6.61 Å². The summed E-state index contributed by atoms with van der Waals surface area (Å²) in [6, 6.07) is 0.434. The van der Waals surface area contributed by atoms with Crippen LogP contribution < -0.4 is 0 Å². The van der Waals surface area contributed by atoms with Crippen LogP contribution >= 0.6 is 0 Å². The fraction of sp³-hybridized carbons (Fsp3) is 0.889. The Morgan fingerprint density at radius 2 is 1.44 bits per heavy atom. The Kier molecular flexibility index (Phi) is 5.58. The summed E-state index contributed by atoms with van der Waals surface area (Å²) < 4.78 is 44.4. The molecule has 0 bridgehead atoms. The molecule has 0 heterocycles. The van der Waals surface area contributed by atoms with E-state index in [2.05, 4.69) is 0 Å². The Labute approximate surface area is 146 Å². The lowest BCUT2D eigenvalue weighted by molar-refractivity contribution is -0.205. The number of ether oxygens (including phenoxy) is 1. The summed E-state index contributed by atoms with van der Waals surface area (Å²) in [6.45, 7) is -0.424. The van der Waals surface area contributed by atoms with Crippen LogP contribution in [-0.2, 0) is 14.3 Å². The maximum absolute atomic E-state index is 13.1. The molecular weight excluding hydrogens is 335 g/mol. The van der Waals surface area contributed by atoms with E-state index in [0.29, 0.717) is 12.8 Å². The molecule has 0 N–H and O–H groups in total. The van der Waals surface area contributed by atoms with Gasteiger partial charge in [0.05, 0.1) is 11.8 Å². The van der Waals surface area contributed by atoms with Crippen LogP contribution in [-0.4, -0.2) is 41.6 Å². The molecule has 0 spiro atoms. The number of amides is 1. The first-order valence-corrected chi connectivity index (χ1v) is 9.42. The Bertz CT molecular complexity index is 498. The number of rotatable bonds is 5. The minimum atomic E-state index is -4.39.